The molecule has 1 fully saturated rings. The third-order valence-electron chi connectivity index (χ3n) is 4.97. The molecule has 0 saturated heterocycles. The third-order valence-corrected chi connectivity index (χ3v) is 4.97. The zero-order valence-corrected chi connectivity index (χ0v) is 17.5. The molecule has 3 aromatic rings. The summed E-state index contributed by atoms with van der Waals surface area (Å²) in [6, 6.07) is 6.51. The van der Waals surface area contributed by atoms with Gasteiger partial charge >= 0.3 is 6.18 Å². The Hall–Kier alpha value is -4.13. The highest BCUT2D eigenvalue weighted by Gasteiger charge is 2.33. The molecule has 0 aliphatic heterocycles. The van der Waals surface area contributed by atoms with Crippen molar-refractivity contribution in [3.05, 3.63) is 58.9 Å². The molecule has 5 N–H and O–H groups in total. The predicted octanol–water partition coefficient (Wildman–Crippen LogP) is 3.78. The summed E-state index contributed by atoms with van der Waals surface area (Å²) in [6.45, 7) is 1.64. The number of alkyl halides is 3. The number of amides is 1. The molecule has 7 nitrogen and oxygen atoms in total. The SMILES string of the molecule is Cc1nc(N)nc(-c2cc(NC(=O)C3CC3)cc(C(F)(F)F)c2)c1C#Cc1ccc(N)nc1. The van der Waals surface area contributed by atoms with Crippen LogP contribution in [0.5, 0.6) is 0 Å². The summed E-state index contributed by atoms with van der Waals surface area (Å²) in [5.74, 6) is 5.54. The van der Waals surface area contributed by atoms with E-state index in [1.54, 1.807) is 19.1 Å². The number of pyridine rings is 1. The van der Waals surface area contributed by atoms with E-state index in [1.807, 2.05) is 0 Å². The normalized spacial score (nSPS) is 13.2. The molecule has 1 aliphatic rings. The number of nitrogens with zero attached hydrogens (tertiary/aromatic N) is 3. The van der Waals surface area contributed by atoms with Crippen LogP contribution in [0, 0.1) is 24.7 Å². The van der Waals surface area contributed by atoms with Crippen LogP contribution in [0.2, 0.25) is 0 Å². The maximum Gasteiger partial charge on any atom is 0.416 e. The average molecular weight is 452 g/mol. The van der Waals surface area contributed by atoms with Gasteiger partial charge in [0.15, 0.2) is 0 Å². The van der Waals surface area contributed by atoms with E-state index in [0.29, 0.717) is 22.6 Å². The Balaban J connectivity index is 1.83. The highest BCUT2D eigenvalue weighted by Crippen LogP contribution is 2.37. The number of hydrogen-bond acceptors (Lipinski definition) is 6. The molecule has 0 radical (unpaired) electrons. The lowest BCUT2D eigenvalue weighted by molar-refractivity contribution is -0.137. The van der Waals surface area contributed by atoms with E-state index in [4.69, 9.17) is 11.5 Å². The molecule has 0 bridgehead atoms. The number of aryl methyl sites for hydroxylation is 1. The molecule has 2 heterocycles. The van der Waals surface area contributed by atoms with Gasteiger partial charge < -0.3 is 16.8 Å². The van der Waals surface area contributed by atoms with Gasteiger partial charge in [0, 0.05) is 28.9 Å². The molecule has 1 aromatic carbocycles. The Morgan fingerprint density at radius 3 is 2.52 bits per heavy atom. The van der Waals surface area contributed by atoms with Gasteiger partial charge in [0.05, 0.1) is 22.5 Å². The first-order valence-electron chi connectivity index (χ1n) is 10.0. The van der Waals surface area contributed by atoms with E-state index in [2.05, 4.69) is 32.1 Å². The molecular formula is C23H19F3N6O. The maximum atomic E-state index is 13.6. The van der Waals surface area contributed by atoms with Crippen LogP contribution in [0.25, 0.3) is 11.3 Å². The van der Waals surface area contributed by atoms with E-state index < -0.39 is 11.7 Å². The zero-order valence-electron chi connectivity index (χ0n) is 17.5. The summed E-state index contributed by atoms with van der Waals surface area (Å²) in [4.78, 5) is 24.4. The predicted molar refractivity (Wildman–Crippen MR) is 118 cm³/mol. The Morgan fingerprint density at radius 2 is 1.88 bits per heavy atom. The van der Waals surface area contributed by atoms with E-state index in [1.165, 1.54) is 12.3 Å². The van der Waals surface area contributed by atoms with Crippen LogP contribution in [0.1, 0.15) is 35.2 Å². The van der Waals surface area contributed by atoms with Gasteiger partial charge in [-0.3, -0.25) is 4.79 Å². The monoisotopic (exact) mass is 452 g/mol. The smallest absolute Gasteiger partial charge is 0.384 e. The average Bonchev–Trinajstić information content (AvgIpc) is 3.58. The highest BCUT2D eigenvalue weighted by molar-refractivity contribution is 5.94. The van der Waals surface area contributed by atoms with E-state index in [9.17, 15) is 18.0 Å². The number of aromatic nitrogens is 3. The van der Waals surface area contributed by atoms with Crippen molar-refractivity contribution in [3.63, 3.8) is 0 Å². The van der Waals surface area contributed by atoms with Crippen molar-refractivity contribution in [1.82, 2.24) is 15.0 Å². The lowest BCUT2D eigenvalue weighted by Gasteiger charge is -2.14. The number of anilines is 3. The molecule has 1 aliphatic carbocycles. The van der Waals surface area contributed by atoms with Gasteiger partial charge in [0.1, 0.15) is 5.82 Å². The molecular weight excluding hydrogens is 433 g/mol. The van der Waals surface area contributed by atoms with Crippen LogP contribution in [0.15, 0.2) is 36.5 Å². The number of halogens is 3. The Bertz CT molecular complexity index is 1290. The van der Waals surface area contributed by atoms with Gasteiger partial charge in [-0.05, 0) is 50.1 Å². The van der Waals surface area contributed by atoms with Crippen LogP contribution in [-0.2, 0) is 11.0 Å². The minimum Gasteiger partial charge on any atom is -0.384 e. The summed E-state index contributed by atoms with van der Waals surface area (Å²) in [5, 5.41) is 2.57. The van der Waals surface area contributed by atoms with Crippen LogP contribution in [-0.4, -0.2) is 20.9 Å². The number of nitrogens with two attached hydrogens (primary N) is 2. The molecule has 4 rings (SSSR count). The van der Waals surface area contributed by atoms with Gasteiger partial charge in [0.2, 0.25) is 11.9 Å². The van der Waals surface area contributed by atoms with Crippen molar-refractivity contribution >= 4 is 23.4 Å². The Kier molecular flexibility index (Phi) is 5.64. The molecule has 0 atom stereocenters. The number of carbonyl (C=O) groups is 1. The number of carbonyl (C=O) groups excluding carboxylic acids is 1. The molecule has 33 heavy (non-hydrogen) atoms. The van der Waals surface area contributed by atoms with Crippen molar-refractivity contribution in [2.75, 3.05) is 16.8 Å². The topological polar surface area (TPSA) is 120 Å². The molecule has 168 valence electrons. The number of hydrogen-bond donors (Lipinski definition) is 3. The first-order valence-corrected chi connectivity index (χ1v) is 10.0. The first kappa shape index (κ1) is 22.1. The van der Waals surface area contributed by atoms with Crippen molar-refractivity contribution in [1.29, 1.82) is 0 Å². The summed E-state index contributed by atoms with van der Waals surface area (Å²) < 4.78 is 40.9. The fourth-order valence-electron chi connectivity index (χ4n) is 3.16. The van der Waals surface area contributed by atoms with Crippen LogP contribution in [0.3, 0.4) is 0 Å². The second-order valence-corrected chi connectivity index (χ2v) is 7.67. The molecule has 0 spiro atoms. The fraction of sp³-hybridized carbons (Fsp3) is 0.217. The molecule has 10 heteroatoms. The van der Waals surface area contributed by atoms with Gasteiger partial charge in [-0.1, -0.05) is 11.8 Å². The lowest BCUT2D eigenvalue weighted by Crippen LogP contribution is -2.15. The molecule has 1 saturated carbocycles. The van der Waals surface area contributed by atoms with Crippen LogP contribution < -0.4 is 16.8 Å². The van der Waals surface area contributed by atoms with Crippen LogP contribution >= 0.6 is 0 Å². The van der Waals surface area contributed by atoms with Gasteiger partial charge in [-0.15, -0.1) is 0 Å². The van der Waals surface area contributed by atoms with E-state index >= 15 is 0 Å². The number of rotatable bonds is 3. The summed E-state index contributed by atoms with van der Waals surface area (Å²) in [5.41, 5.74) is 12.0. The summed E-state index contributed by atoms with van der Waals surface area (Å²) >= 11 is 0. The minimum absolute atomic E-state index is 0.0215. The molecule has 0 unspecified atom stereocenters. The minimum atomic E-state index is -4.63. The van der Waals surface area contributed by atoms with Gasteiger partial charge in [-0.2, -0.15) is 13.2 Å². The van der Waals surface area contributed by atoms with Crippen molar-refractivity contribution in [2.45, 2.75) is 25.9 Å². The first-order chi connectivity index (χ1) is 15.6. The van der Waals surface area contributed by atoms with Gasteiger partial charge in [-0.25, -0.2) is 15.0 Å². The van der Waals surface area contributed by atoms with Crippen molar-refractivity contribution in [2.24, 2.45) is 5.92 Å². The number of nitrogen functional groups attached to an aromatic ring is 2. The third kappa shape index (κ3) is 5.20. The number of nitrogens with one attached hydrogen (secondary N) is 1. The number of benzene rings is 1. The summed E-state index contributed by atoms with van der Waals surface area (Å²) in [7, 11) is 0. The largest absolute Gasteiger partial charge is 0.416 e. The second kappa shape index (κ2) is 8.43. The zero-order chi connectivity index (χ0) is 23.8. The summed E-state index contributed by atoms with van der Waals surface area (Å²) in [6.07, 6.45) is -1.71. The Morgan fingerprint density at radius 1 is 1.12 bits per heavy atom. The Labute approximate surface area is 187 Å². The van der Waals surface area contributed by atoms with Crippen molar-refractivity contribution < 1.29 is 18.0 Å². The fourth-order valence-corrected chi connectivity index (χ4v) is 3.16. The van der Waals surface area contributed by atoms with Crippen molar-refractivity contribution in [3.8, 4) is 23.1 Å². The van der Waals surface area contributed by atoms with E-state index in [0.717, 1.165) is 25.0 Å². The lowest BCUT2D eigenvalue weighted by atomic mass is 10.0. The van der Waals surface area contributed by atoms with Crippen LogP contribution in [0.4, 0.5) is 30.6 Å². The van der Waals surface area contributed by atoms with Gasteiger partial charge in [0.25, 0.3) is 0 Å². The molecule has 2 aromatic heterocycles. The standard InChI is InChI=1S/C23H19F3N6O/c1-12-18(6-2-13-3-7-19(27)29-11-13)20(32-22(28)30-12)15-8-16(23(24,25)26)10-17(9-15)31-21(33)14-4-5-14/h3,7-11,14H,4-5H2,1H3,(H2,27,29)(H,31,33)(H2,28,30,32). The van der Waals surface area contributed by atoms with E-state index in [-0.39, 0.29) is 34.7 Å². The quantitative estimate of drug-likeness (QED) is 0.521. The second-order valence-electron chi connectivity index (χ2n) is 7.67. The molecule has 1 amide bonds. The maximum absolute atomic E-state index is 13.6. The highest BCUT2D eigenvalue weighted by atomic mass is 19.4.